The van der Waals surface area contributed by atoms with Crippen molar-refractivity contribution in [1.29, 1.82) is 0 Å². The Kier molecular flexibility index (Phi) is 6.78. The second-order valence-electron chi connectivity index (χ2n) is 7.45. The first-order valence-electron chi connectivity index (χ1n) is 10.2. The van der Waals surface area contributed by atoms with Crippen LogP contribution in [-0.4, -0.2) is 23.3 Å². The van der Waals surface area contributed by atoms with Gasteiger partial charge in [-0.15, -0.1) is 22.7 Å². The molecular formula is C25H23N3O2S2. The van der Waals surface area contributed by atoms with E-state index in [1.54, 1.807) is 0 Å². The fourth-order valence-corrected chi connectivity index (χ4v) is 4.81. The molecule has 0 aliphatic carbocycles. The van der Waals surface area contributed by atoms with Gasteiger partial charge in [0.05, 0.1) is 5.69 Å². The number of benzene rings is 2. The Morgan fingerprint density at radius 2 is 1.66 bits per heavy atom. The van der Waals surface area contributed by atoms with Crippen LogP contribution in [0.4, 0.5) is 5.13 Å². The van der Waals surface area contributed by atoms with Gasteiger partial charge in [0.25, 0.3) is 5.91 Å². The number of anilines is 1. The molecule has 4 aromatic rings. The van der Waals surface area contributed by atoms with Crippen LogP contribution in [0.3, 0.4) is 0 Å². The van der Waals surface area contributed by atoms with Gasteiger partial charge in [-0.05, 0) is 35.9 Å². The molecule has 162 valence electrons. The summed E-state index contributed by atoms with van der Waals surface area (Å²) in [6.07, 6.45) is 0.780. The Morgan fingerprint density at radius 3 is 2.38 bits per heavy atom. The fraction of sp³-hybridized carbons (Fsp3) is 0.160. The minimum absolute atomic E-state index is 0.0211. The number of hydrogen-bond donors (Lipinski definition) is 2. The van der Waals surface area contributed by atoms with Gasteiger partial charge in [-0.3, -0.25) is 14.9 Å². The second-order valence-corrected chi connectivity index (χ2v) is 9.23. The van der Waals surface area contributed by atoms with Gasteiger partial charge in [-0.2, -0.15) is 0 Å². The van der Waals surface area contributed by atoms with Crippen LogP contribution in [0.2, 0.25) is 0 Å². The smallest absolute Gasteiger partial charge is 0.268 e. The van der Waals surface area contributed by atoms with Gasteiger partial charge in [-0.25, -0.2) is 4.98 Å². The number of nitrogens with one attached hydrogen (secondary N) is 2. The fourth-order valence-electron chi connectivity index (χ4n) is 3.29. The zero-order valence-electron chi connectivity index (χ0n) is 17.8. The molecule has 0 fully saturated rings. The number of rotatable bonds is 7. The lowest BCUT2D eigenvalue weighted by Gasteiger charge is -2.05. The van der Waals surface area contributed by atoms with Crippen LogP contribution >= 0.6 is 22.7 Å². The Balaban J connectivity index is 1.43. The molecular weight excluding hydrogens is 438 g/mol. The summed E-state index contributed by atoms with van der Waals surface area (Å²) in [4.78, 5) is 29.2. The molecule has 4 rings (SSSR count). The maximum absolute atomic E-state index is 12.9. The molecule has 0 aliphatic heterocycles. The first-order chi connectivity index (χ1) is 15.5. The van der Waals surface area contributed by atoms with Crippen LogP contribution < -0.4 is 10.6 Å². The van der Waals surface area contributed by atoms with Gasteiger partial charge in [0.15, 0.2) is 5.13 Å². The molecule has 0 spiro atoms. The Bertz CT molecular complexity index is 1220. The number of carbonyl (C=O) groups excluding carboxylic acids is 2. The van der Waals surface area contributed by atoms with Crippen LogP contribution in [0, 0.1) is 6.92 Å². The van der Waals surface area contributed by atoms with E-state index >= 15 is 0 Å². The lowest BCUT2D eigenvalue weighted by molar-refractivity contribution is -0.118. The molecule has 0 atom stereocenters. The molecule has 32 heavy (non-hydrogen) atoms. The lowest BCUT2D eigenvalue weighted by Crippen LogP contribution is -2.22. The van der Waals surface area contributed by atoms with E-state index in [2.05, 4.69) is 15.6 Å². The quantitative estimate of drug-likeness (QED) is 0.367. The molecule has 2 amide bonds. The van der Waals surface area contributed by atoms with Gasteiger partial charge in [0.1, 0.15) is 4.88 Å². The van der Waals surface area contributed by atoms with Crippen molar-refractivity contribution in [3.8, 4) is 22.4 Å². The Morgan fingerprint density at radius 1 is 0.938 bits per heavy atom. The molecule has 2 aromatic carbocycles. The van der Waals surface area contributed by atoms with Crippen molar-refractivity contribution < 1.29 is 9.59 Å². The van der Waals surface area contributed by atoms with Gasteiger partial charge in [0.2, 0.25) is 5.91 Å². The molecule has 0 saturated heterocycles. The van der Waals surface area contributed by atoms with E-state index in [1.165, 1.54) is 35.2 Å². The van der Waals surface area contributed by atoms with E-state index in [4.69, 9.17) is 0 Å². The number of aryl methyl sites for hydroxylation is 1. The van der Waals surface area contributed by atoms with Crippen molar-refractivity contribution >= 4 is 39.6 Å². The molecule has 0 unspecified atom stereocenters. The number of thiazole rings is 1. The third kappa shape index (κ3) is 5.30. The number of aromatic nitrogens is 1. The van der Waals surface area contributed by atoms with Crippen LogP contribution in [0.25, 0.3) is 22.4 Å². The molecule has 5 nitrogen and oxygen atoms in total. The van der Waals surface area contributed by atoms with Crippen LogP contribution in [-0.2, 0) is 11.2 Å². The molecule has 2 N–H and O–H groups in total. The summed E-state index contributed by atoms with van der Waals surface area (Å²) in [6.45, 7) is 4.18. The predicted molar refractivity (Wildman–Crippen MR) is 132 cm³/mol. The average Bonchev–Trinajstić information content (AvgIpc) is 3.44. The standard InChI is InChI=1S/C25H23N3O2S2/c1-16-3-7-19(8-4-16)21-12-14-31-23(21)24(30)28-25-27-22(15-32-25)20-9-5-18(6-10-20)11-13-26-17(2)29/h3-10,12,14-15H,11,13H2,1-2H3,(H,26,29)(H,27,28,30). The molecule has 0 bridgehead atoms. The number of carbonyl (C=O) groups is 2. The SMILES string of the molecule is CC(=O)NCCc1ccc(-c2csc(NC(=O)c3sccc3-c3ccc(C)cc3)n2)cc1. The predicted octanol–water partition coefficient (Wildman–Crippen LogP) is 5.78. The molecule has 0 radical (unpaired) electrons. The highest BCUT2D eigenvalue weighted by Crippen LogP contribution is 2.31. The topological polar surface area (TPSA) is 71.1 Å². The van der Waals surface area contributed by atoms with E-state index in [1.807, 2.05) is 72.3 Å². The Hall–Kier alpha value is -3.29. The van der Waals surface area contributed by atoms with Crippen LogP contribution in [0.5, 0.6) is 0 Å². The zero-order valence-corrected chi connectivity index (χ0v) is 19.5. The maximum Gasteiger partial charge on any atom is 0.268 e. The third-order valence-corrected chi connectivity index (χ3v) is 6.67. The summed E-state index contributed by atoms with van der Waals surface area (Å²) in [5.41, 5.74) is 6.10. The van der Waals surface area contributed by atoms with E-state index < -0.39 is 0 Å². The van der Waals surface area contributed by atoms with E-state index in [0.29, 0.717) is 16.6 Å². The van der Waals surface area contributed by atoms with Crippen LogP contribution in [0.1, 0.15) is 27.7 Å². The largest absolute Gasteiger partial charge is 0.356 e. The number of nitrogens with zero attached hydrogens (tertiary/aromatic N) is 1. The average molecular weight is 462 g/mol. The minimum atomic E-state index is -0.148. The summed E-state index contributed by atoms with van der Waals surface area (Å²) in [5, 5.41) is 10.2. The monoisotopic (exact) mass is 461 g/mol. The van der Waals surface area contributed by atoms with E-state index in [0.717, 1.165) is 34.4 Å². The molecule has 0 aliphatic rings. The molecule has 2 heterocycles. The molecule has 2 aromatic heterocycles. The van der Waals surface area contributed by atoms with E-state index in [9.17, 15) is 9.59 Å². The van der Waals surface area contributed by atoms with Crippen molar-refractivity contribution in [2.75, 3.05) is 11.9 Å². The highest BCUT2D eigenvalue weighted by atomic mass is 32.1. The lowest BCUT2D eigenvalue weighted by atomic mass is 10.0. The first-order valence-corrected chi connectivity index (χ1v) is 12.0. The minimum Gasteiger partial charge on any atom is -0.356 e. The summed E-state index contributed by atoms with van der Waals surface area (Å²) < 4.78 is 0. The molecule has 0 saturated carbocycles. The summed E-state index contributed by atoms with van der Waals surface area (Å²) in [6, 6.07) is 18.2. The van der Waals surface area contributed by atoms with Gasteiger partial charge < -0.3 is 5.32 Å². The number of amides is 2. The second kappa shape index (κ2) is 9.89. The van der Waals surface area contributed by atoms with E-state index in [-0.39, 0.29) is 11.8 Å². The van der Waals surface area contributed by atoms with Gasteiger partial charge in [0, 0.05) is 30.0 Å². The molecule has 7 heteroatoms. The van der Waals surface area contributed by atoms with Crippen molar-refractivity contribution in [2.24, 2.45) is 0 Å². The van der Waals surface area contributed by atoms with Crippen LogP contribution in [0.15, 0.2) is 65.4 Å². The Labute approximate surface area is 195 Å². The number of thiophene rings is 1. The summed E-state index contributed by atoms with van der Waals surface area (Å²) in [5.74, 6) is -0.169. The summed E-state index contributed by atoms with van der Waals surface area (Å²) in [7, 11) is 0. The highest BCUT2D eigenvalue weighted by molar-refractivity contribution is 7.15. The third-order valence-electron chi connectivity index (χ3n) is 5.00. The highest BCUT2D eigenvalue weighted by Gasteiger charge is 2.16. The normalized spacial score (nSPS) is 10.7. The van der Waals surface area contributed by atoms with Crippen molar-refractivity contribution in [2.45, 2.75) is 20.3 Å². The first kappa shape index (κ1) is 21.9. The zero-order chi connectivity index (χ0) is 22.5. The maximum atomic E-state index is 12.9. The summed E-state index contributed by atoms with van der Waals surface area (Å²) >= 11 is 2.84. The van der Waals surface area contributed by atoms with Crippen molar-refractivity contribution in [1.82, 2.24) is 10.3 Å². The van der Waals surface area contributed by atoms with Gasteiger partial charge in [-0.1, -0.05) is 54.1 Å². The van der Waals surface area contributed by atoms with Crippen molar-refractivity contribution in [3.63, 3.8) is 0 Å². The number of hydrogen-bond acceptors (Lipinski definition) is 5. The van der Waals surface area contributed by atoms with Gasteiger partial charge >= 0.3 is 0 Å². The van der Waals surface area contributed by atoms with Crippen molar-refractivity contribution in [3.05, 3.63) is 81.4 Å².